The molecule has 104 valence electrons. The van der Waals surface area contributed by atoms with Crippen molar-refractivity contribution in [3.63, 3.8) is 0 Å². The summed E-state index contributed by atoms with van der Waals surface area (Å²) in [5, 5.41) is 0. The van der Waals surface area contributed by atoms with Crippen LogP contribution in [0.3, 0.4) is 0 Å². The third-order valence-electron chi connectivity index (χ3n) is 2.88. The van der Waals surface area contributed by atoms with Crippen molar-refractivity contribution in [3.05, 3.63) is 16.9 Å². The first kappa shape index (κ1) is 14.0. The molecular formula is C13H19N3O2S. The zero-order chi connectivity index (χ0) is 14.0. The zero-order valence-corrected chi connectivity index (χ0v) is 12.5. The zero-order valence-electron chi connectivity index (χ0n) is 11.7. The lowest BCUT2D eigenvalue weighted by Gasteiger charge is -2.25. The summed E-state index contributed by atoms with van der Waals surface area (Å²) in [5.74, 6) is 0.574. The predicted octanol–water partition coefficient (Wildman–Crippen LogP) is 2.92. The molecule has 2 aromatic heterocycles. The molecule has 2 heterocycles. The molecular weight excluding hydrogens is 262 g/mol. The van der Waals surface area contributed by atoms with E-state index >= 15 is 0 Å². The Morgan fingerprint density at radius 1 is 1.42 bits per heavy atom. The third kappa shape index (κ3) is 2.96. The van der Waals surface area contributed by atoms with Gasteiger partial charge in [-0.1, -0.05) is 0 Å². The highest BCUT2D eigenvalue weighted by molar-refractivity contribution is 7.71. The minimum atomic E-state index is -0.299. The minimum Gasteiger partial charge on any atom is -0.481 e. The van der Waals surface area contributed by atoms with Gasteiger partial charge in [0.1, 0.15) is 0 Å². The van der Waals surface area contributed by atoms with E-state index in [9.17, 15) is 0 Å². The Balaban J connectivity index is 2.47. The van der Waals surface area contributed by atoms with E-state index in [1.165, 1.54) is 0 Å². The average molecular weight is 281 g/mol. The molecule has 0 saturated carbocycles. The normalized spacial score (nSPS) is 12.0. The molecule has 0 bridgehead atoms. The maximum atomic E-state index is 5.72. The summed E-state index contributed by atoms with van der Waals surface area (Å²) in [7, 11) is 1.60. The number of H-pyrrole nitrogens is 1. The lowest BCUT2D eigenvalue weighted by atomic mass is 10.1. The van der Waals surface area contributed by atoms with E-state index in [2.05, 4.69) is 9.97 Å². The van der Waals surface area contributed by atoms with Gasteiger partial charge in [-0.3, -0.25) is 4.57 Å². The number of fused-ring (bicyclic) bond motifs is 1. The highest BCUT2D eigenvalue weighted by Gasteiger charge is 2.21. The molecule has 0 unspecified atom stereocenters. The number of aromatic nitrogens is 3. The van der Waals surface area contributed by atoms with Crippen LogP contribution in [0.5, 0.6) is 5.88 Å². The van der Waals surface area contributed by atoms with E-state index in [-0.39, 0.29) is 5.60 Å². The fraction of sp³-hybridized carbons (Fsp3) is 0.538. The molecule has 0 amide bonds. The molecule has 0 aliphatic heterocycles. The van der Waals surface area contributed by atoms with Crippen LogP contribution in [0, 0.1) is 4.77 Å². The lowest BCUT2D eigenvalue weighted by Crippen LogP contribution is -2.30. The largest absolute Gasteiger partial charge is 0.481 e. The Kier molecular flexibility index (Phi) is 3.91. The molecule has 0 saturated heterocycles. The van der Waals surface area contributed by atoms with E-state index in [1.54, 1.807) is 7.11 Å². The highest BCUT2D eigenvalue weighted by Crippen LogP contribution is 2.20. The molecule has 0 aliphatic rings. The fourth-order valence-electron chi connectivity index (χ4n) is 2.09. The molecule has 0 fully saturated rings. The number of hydrogen-bond donors (Lipinski definition) is 1. The first-order chi connectivity index (χ1) is 8.96. The van der Waals surface area contributed by atoms with Crippen LogP contribution in [-0.2, 0) is 11.3 Å². The predicted molar refractivity (Wildman–Crippen MR) is 77.2 cm³/mol. The molecule has 5 nitrogen and oxygen atoms in total. The van der Waals surface area contributed by atoms with Crippen LogP contribution in [0.4, 0.5) is 0 Å². The van der Waals surface area contributed by atoms with E-state index in [0.29, 0.717) is 23.8 Å². The summed E-state index contributed by atoms with van der Waals surface area (Å²) in [6, 6.07) is 3.73. The molecule has 1 N–H and O–H groups in total. The Labute approximate surface area is 117 Å². The van der Waals surface area contributed by atoms with Gasteiger partial charge >= 0.3 is 0 Å². The van der Waals surface area contributed by atoms with Gasteiger partial charge in [0.15, 0.2) is 10.4 Å². The van der Waals surface area contributed by atoms with Crippen LogP contribution in [0.25, 0.3) is 11.2 Å². The van der Waals surface area contributed by atoms with Crippen LogP contribution >= 0.6 is 12.2 Å². The second-order valence-electron chi connectivity index (χ2n) is 4.93. The van der Waals surface area contributed by atoms with Gasteiger partial charge in [-0.25, -0.2) is 0 Å². The van der Waals surface area contributed by atoms with E-state index in [0.717, 1.165) is 11.2 Å². The summed E-state index contributed by atoms with van der Waals surface area (Å²) in [6.07, 6.45) is 0. The second kappa shape index (κ2) is 5.30. The van der Waals surface area contributed by atoms with Crippen molar-refractivity contribution in [2.45, 2.75) is 32.9 Å². The van der Waals surface area contributed by atoms with E-state index in [1.807, 2.05) is 37.5 Å². The Hall–Kier alpha value is -1.40. The maximum absolute atomic E-state index is 5.72. The quantitative estimate of drug-likeness (QED) is 0.856. The van der Waals surface area contributed by atoms with Gasteiger partial charge in [0, 0.05) is 12.7 Å². The summed E-state index contributed by atoms with van der Waals surface area (Å²) in [4.78, 5) is 7.59. The van der Waals surface area contributed by atoms with Crippen molar-refractivity contribution in [3.8, 4) is 5.88 Å². The van der Waals surface area contributed by atoms with Crippen molar-refractivity contribution in [2.75, 3.05) is 13.7 Å². The number of methoxy groups -OCH3 is 1. The van der Waals surface area contributed by atoms with Crippen molar-refractivity contribution >= 4 is 23.4 Å². The number of nitrogens with zero attached hydrogens (tertiary/aromatic N) is 2. The fourth-order valence-corrected chi connectivity index (χ4v) is 2.35. The van der Waals surface area contributed by atoms with Crippen LogP contribution in [0.15, 0.2) is 12.1 Å². The maximum Gasteiger partial charge on any atom is 0.215 e. The molecule has 2 rings (SSSR count). The van der Waals surface area contributed by atoms with Gasteiger partial charge in [-0.05, 0) is 39.1 Å². The standard InChI is InChI=1S/C13H19N3O2S/c1-5-18-13(2,3)8-16-11-9(14-12(16)19)6-7-10(15-11)17-4/h6-7H,5,8H2,1-4H3,(H,14,19). The SMILES string of the molecule is CCOC(C)(C)Cn1c(=S)[nH]c2ccc(OC)nc21. The van der Waals surface area contributed by atoms with Crippen molar-refractivity contribution in [2.24, 2.45) is 0 Å². The second-order valence-corrected chi connectivity index (χ2v) is 5.32. The molecule has 0 atom stereocenters. The number of aromatic amines is 1. The first-order valence-corrected chi connectivity index (χ1v) is 6.65. The number of ether oxygens (including phenoxy) is 2. The van der Waals surface area contributed by atoms with Gasteiger partial charge in [0.05, 0.1) is 24.8 Å². The van der Waals surface area contributed by atoms with Crippen molar-refractivity contribution in [1.82, 2.24) is 14.5 Å². The molecule has 0 aliphatic carbocycles. The molecule has 2 aromatic rings. The van der Waals surface area contributed by atoms with Crippen LogP contribution in [-0.4, -0.2) is 33.9 Å². The smallest absolute Gasteiger partial charge is 0.215 e. The molecule has 19 heavy (non-hydrogen) atoms. The number of hydrogen-bond acceptors (Lipinski definition) is 4. The van der Waals surface area contributed by atoms with Gasteiger partial charge < -0.3 is 14.5 Å². The summed E-state index contributed by atoms with van der Waals surface area (Å²) in [6.45, 7) is 7.37. The molecule has 0 aromatic carbocycles. The third-order valence-corrected chi connectivity index (χ3v) is 3.20. The number of pyridine rings is 1. The van der Waals surface area contributed by atoms with Crippen LogP contribution in [0.1, 0.15) is 20.8 Å². The molecule has 6 heteroatoms. The summed E-state index contributed by atoms with van der Waals surface area (Å²) >= 11 is 5.36. The lowest BCUT2D eigenvalue weighted by molar-refractivity contribution is -0.0220. The Bertz CT molecular complexity index is 630. The summed E-state index contributed by atoms with van der Waals surface area (Å²) in [5.41, 5.74) is 1.39. The summed E-state index contributed by atoms with van der Waals surface area (Å²) < 4.78 is 13.5. The van der Waals surface area contributed by atoms with Crippen molar-refractivity contribution < 1.29 is 9.47 Å². The Morgan fingerprint density at radius 2 is 2.16 bits per heavy atom. The van der Waals surface area contributed by atoms with Gasteiger partial charge in [-0.2, -0.15) is 4.98 Å². The Morgan fingerprint density at radius 3 is 2.79 bits per heavy atom. The van der Waals surface area contributed by atoms with E-state index in [4.69, 9.17) is 21.7 Å². The highest BCUT2D eigenvalue weighted by atomic mass is 32.1. The van der Waals surface area contributed by atoms with Gasteiger partial charge in [0.2, 0.25) is 5.88 Å². The topological polar surface area (TPSA) is 52.1 Å². The molecule has 0 spiro atoms. The van der Waals surface area contributed by atoms with Gasteiger partial charge in [-0.15, -0.1) is 0 Å². The average Bonchev–Trinajstić information content (AvgIpc) is 2.65. The van der Waals surface area contributed by atoms with Crippen LogP contribution in [0.2, 0.25) is 0 Å². The molecule has 0 radical (unpaired) electrons. The van der Waals surface area contributed by atoms with E-state index < -0.39 is 0 Å². The number of nitrogens with one attached hydrogen (secondary N) is 1. The van der Waals surface area contributed by atoms with Gasteiger partial charge in [0.25, 0.3) is 0 Å². The number of imidazole rings is 1. The number of rotatable bonds is 5. The van der Waals surface area contributed by atoms with Crippen LogP contribution < -0.4 is 4.74 Å². The minimum absolute atomic E-state index is 0.299. The first-order valence-electron chi connectivity index (χ1n) is 6.24. The monoisotopic (exact) mass is 281 g/mol. The van der Waals surface area contributed by atoms with Crippen molar-refractivity contribution in [1.29, 1.82) is 0 Å².